The van der Waals surface area contributed by atoms with Crippen molar-refractivity contribution < 1.29 is 5.11 Å². The smallest absolute Gasteiger partial charge is 0.0992 e. The third-order valence-corrected chi connectivity index (χ3v) is 2.07. The first kappa shape index (κ1) is 10.8. The molecule has 74 valence electrons. The summed E-state index contributed by atoms with van der Waals surface area (Å²) in [4.78, 5) is 0. The van der Waals surface area contributed by atoms with Crippen molar-refractivity contribution >= 4 is 17.3 Å². The number of nitrogens with one attached hydrogen (secondary N) is 1. The Morgan fingerprint density at radius 3 is 3.00 bits per heavy atom. The molecule has 0 bridgehead atoms. The van der Waals surface area contributed by atoms with Crippen LogP contribution in [0.25, 0.3) is 0 Å². The van der Waals surface area contributed by atoms with Crippen LogP contribution in [-0.2, 0) is 0 Å². The summed E-state index contributed by atoms with van der Waals surface area (Å²) in [6.07, 6.45) is -0.567. The Morgan fingerprint density at radius 2 is 2.36 bits per heavy atom. The van der Waals surface area contributed by atoms with Gasteiger partial charge in [0.2, 0.25) is 0 Å². The molecule has 0 aromatic heterocycles. The molecule has 2 N–H and O–H groups in total. The summed E-state index contributed by atoms with van der Waals surface area (Å²) >= 11 is 5.43. The van der Waals surface area contributed by atoms with Gasteiger partial charge in [-0.3, -0.25) is 0 Å². The Bertz CT molecular complexity index is 335. The molecule has 0 aliphatic carbocycles. The van der Waals surface area contributed by atoms with E-state index in [9.17, 15) is 5.11 Å². The van der Waals surface area contributed by atoms with Crippen LogP contribution >= 0.6 is 11.6 Å². The monoisotopic (exact) mass is 210 g/mol. The van der Waals surface area contributed by atoms with Gasteiger partial charge >= 0.3 is 0 Å². The molecule has 0 fully saturated rings. The molecule has 1 atom stereocenters. The zero-order valence-electron chi connectivity index (χ0n) is 7.57. The van der Waals surface area contributed by atoms with Crippen molar-refractivity contribution in [2.24, 2.45) is 0 Å². The Balaban J connectivity index is 2.55. The molecule has 1 unspecified atom stereocenters. The molecule has 1 aromatic rings. The van der Waals surface area contributed by atoms with Gasteiger partial charge < -0.3 is 10.4 Å². The van der Waals surface area contributed by atoms with Gasteiger partial charge in [-0.2, -0.15) is 5.26 Å². The molecule has 0 amide bonds. The van der Waals surface area contributed by atoms with E-state index in [1.165, 1.54) is 0 Å². The normalized spacial score (nSPS) is 11.8. The van der Waals surface area contributed by atoms with E-state index >= 15 is 0 Å². The van der Waals surface area contributed by atoms with Crippen LogP contribution in [0.3, 0.4) is 0 Å². The number of hydrogen-bond acceptors (Lipinski definition) is 3. The molecule has 1 aromatic carbocycles. The maximum Gasteiger partial charge on any atom is 0.0992 e. The number of nitriles is 1. The Hall–Kier alpha value is -1.24. The highest BCUT2D eigenvalue weighted by atomic mass is 35.5. The fourth-order valence-corrected chi connectivity index (χ4v) is 1.10. The van der Waals surface area contributed by atoms with Crippen molar-refractivity contribution in [3.05, 3.63) is 29.8 Å². The van der Waals surface area contributed by atoms with Gasteiger partial charge in [0.1, 0.15) is 0 Å². The zero-order chi connectivity index (χ0) is 10.4. The first-order chi connectivity index (χ1) is 6.76. The molecule has 0 aliphatic heterocycles. The number of alkyl halides is 1. The minimum absolute atomic E-state index is 0.199. The highest BCUT2D eigenvalue weighted by Crippen LogP contribution is 2.09. The number of aliphatic hydroxyl groups is 1. The van der Waals surface area contributed by atoms with Crippen LogP contribution in [0.4, 0.5) is 5.69 Å². The second kappa shape index (κ2) is 5.48. The molecule has 0 saturated heterocycles. The molecule has 0 aliphatic rings. The van der Waals surface area contributed by atoms with E-state index in [0.717, 1.165) is 5.69 Å². The lowest BCUT2D eigenvalue weighted by molar-refractivity contribution is 0.211. The van der Waals surface area contributed by atoms with Crippen LogP contribution in [0.2, 0.25) is 0 Å². The van der Waals surface area contributed by atoms with Gasteiger partial charge in [0, 0.05) is 12.2 Å². The highest BCUT2D eigenvalue weighted by molar-refractivity contribution is 6.18. The molecule has 0 radical (unpaired) electrons. The largest absolute Gasteiger partial charge is 0.390 e. The van der Waals surface area contributed by atoms with Crippen LogP contribution in [0.5, 0.6) is 0 Å². The van der Waals surface area contributed by atoms with E-state index < -0.39 is 6.10 Å². The van der Waals surface area contributed by atoms with Crippen molar-refractivity contribution in [2.45, 2.75) is 6.10 Å². The van der Waals surface area contributed by atoms with Gasteiger partial charge in [-0.05, 0) is 18.2 Å². The SMILES string of the molecule is N#Cc1cccc(NCC(O)CCl)c1. The second-order valence-corrected chi connectivity index (χ2v) is 3.19. The summed E-state index contributed by atoms with van der Waals surface area (Å²) in [6.45, 7) is 0.387. The first-order valence-electron chi connectivity index (χ1n) is 4.24. The molecule has 3 nitrogen and oxygen atoms in total. The lowest BCUT2D eigenvalue weighted by atomic mass is 10.2. The quantitative estimate of drug-likeness (QED) is 0.742. The second-order valence-electron chi connectivity index (χ2n) is 2.88. The number of halogens is 1. The van der Waals surface area contributed by atoms with Crippen molar-refractivity contribution in [1.82, 2.24) is 0 Å². The van der Waals surface area contributed by atoms with E-state index in [-0.39, 0.29) is 5.88 Å². The molecule has 0 heterocycles. The van der Waals surface area contributed by atoms with Gasteiger partial charge in [-0.1, -0.05) is 6.07 Å². The Kier molecular flexibility index (Phi) is 4.24. The number of anilines is 1. The predicted octanol–water partition coefficient (Wildman–Crippen LogP) is 1.57. The predicted molar refractivity (Wildman–Crippen MR) is 56.4 cm³/mol. The highest BCUT2D eigenvalue weighted by Gasteiger charge is 2.01. The number of hydrogen-bond donors (Lipinski definition) is 2. The van der Waals surface area contributed by atoms with Crippen molar-refractivity contribution in [3.8, 4) is 6.07 Å². The topological polar surface area (TPSA) is 56.0 Å². The summed E-state index contributed by atoms with van der Waals surface area (Å²) in [7, 11) is 0. The summed E-state index contributed by atoms with van der Waals surface area (Å²) in [5.74, 6) is 0.199. The average Bonchev–Trinajstić information content (AvgIpc) is 2.26. The molecule has 0 saturated carbocycles. The first-order valence-corrected chi connectivity index (χ1v) is 4.78. The van der Waals surface area contributed by atoms with E-state index in [4.69, 9.17) is 16.9 Å². The fraction of sp³-hybridized carbons (Fsp3) is 0.300. The number of aliphatic hydroxyl groups excluding tert-OH is 1. The lowest BCUT2D eigenvalue weighted by Crippen LogP contribution is -2.20. The van der Waals surface area contributed by atoms with Crippen LogP contribution < -0.4 is 5.32 Å². The summed E-state index contributed by atoms with van der Waals surface area (Å²) in [6, 6.07) is 9.11. The van der Waals surface area contributed by atoms with E-state index in [1.807, 2.05) is 12.1 Å². The Labute approximate surface area is 87.9 Å². The third kappa shape index (κ3) is 3.25. The minimum Gasteiger partial charge on any atom is -0.390 e. The van der Waals surface area contributed by atoms with E-state index in [0.29, 0.717) is 12.1 Å². The molecule has 1 rings (SSSR count). The maximum atomic E-state index is 9.19. The van der Waals surface area contributed by atoms with Gasteiger partial charge in [0.15, 0.2) is 0 Å². The minimum atomic E-state index is -0.567. The number of benzene rings is 1. The van der Waals surface area contributed by atoms with Crippen molar-refractivity contribution in [2.75, 3.05) is 17.7 Å². The maximum absolute atomic E-state index is 9.19. The van der Waals surface area contributed by atoms with Crippen LogP contribution in [-0.4, -0.2) is 23.6 Å². The fourth-order valence-electron chi connectivity index (χ4n) is 0.989. The molecular weight excluding hydrogens is 200 g/mol. The van der Waals surface area contributed by atoms with Gasteiger partial charge in [0.05, 0.1) is 23.6 Å². The molecule has 4 heteroatoms. The molecule has 0 spiro atoms. The zero-order valence-corrected chi connectivity index (χ0v) is 8.33. The average molecular weight is 211 g/mol. The van der Waals surface area contributed by atoms with E-state index in [2.05, 4.69) is 5.32 Å². The van der Waals surface area contributed by atoms with Gasteiger partial charge in [-0.25, -0.2) is 0 Å². The summed E-state index contributed by atoms with van der Waals surface area (Å²) < 4.78 is 0. The number of nitrogens with zero attached hydrogens (tertiary/aromatic N) is 1. The van der Waals surface area contributed by atoms with Crippen molar-refractivity contribution in [3.63, 3.8) is 0 Å². The van der Waals surface area contributed by atoms with Gasteiger partial charge in [-0.15, -0.1) is 11.6 Å². The lowest BCUT2D eigenvalue weighted by Gasteiger charge is -2.09. The van der Waals surface area contributed by atoms with Crippen molar-refractivity contribution in [1.29, 1.82) is 5.26 Å². The third-order valence-electron chi connectivity index (χ3n) is 1.71. The molecule has 14 heavy (non-hydrogen) atoms. The standard InChI is InChI=1S/C10H11ClN2O/c11-5-10(14)7-13-9-3-1-2-8(4-9)6-12/h1-4,10,13-14H,5,7H2. The van der Waals surface area contributed by atoms with Crippen LogP contribution in [0, 0.1) is 11.3 Å². The Morgan fingerprint density at radius 1 is 1.57 bits per heavy atom. The summed E-state index contributed by atoms with van der Waals surface area (Å²) in [5, 5.41) is 20.8. The van der Waals surface area contributed by atoms with Crippen LogP contribution in [0.15, 0.2) is 24.3 Å². The van der Waals surface area contributed by atoms with Gasteiger partial charge in [0.25, 0.3) is 0 Å². The molecular formula is C10H11ClN2O. The van der Waals surface area contributed by atoms with Crippen LogP contribution in [0.1, 0.15) is 5.56 Å². The number of rotatable bonds is 4. The summed E-state index contributed by atoms with van der Waals surface area (Å²) in [5.41, 5.74) is 1.41. The van der Waals surface area contributed by atoms with E-state index in [1.54, 1.807) is 18.2 Å².